The maximum atomic E-state index is 13.4. The van der Waals surface area contributed by atoms with Gasteiger partial charge in [-0.05, 0) is 56.0 Å². The molecular formula is C22H19N3O5S2. The van der Waals surface area contributed by atoms with Crippen LogP contribution in [0.25, 0.3) is 6.08 Å². The fraction of sp³-hybridized carbons (Fsp3) is 0.227. The lowest BCUT2D eigenvalue weighted by molar-refractivity contribution is -0.384. The van der Waals surface area contributed by atoms with Crippen molar-refractivity contribution in [1.82, 2.24) is 4.57 Å². The van der Waals surface area contributed by atoms with Gasteiger partial charge in [0.25, 0.3) is 11.2 Å². The number of thiazole rings is 1. The van der Waals surface area contributed by atoms with E-state index in [4.69, 9.17) is 4.74 Å². The quantitative estimate of drug-likeness (QED) is 0.324. The third kappa shape index (κ3) is 4.06. The third-order valence-electron chi connectivity index (χ3n) is 4.80. The molecule has 1 aromatic carbocycles. The molecule has 164 valence electrons. The van der Waals surface area contributed by atoms with Crippen molar-refractivity contribution in [3.05, 3.63) is 93.3 Å². The van der Waals surface area contributed by atoms with Crippen LogP contribution >= 0.6 is 22.7 Å². The molecule has 4 rings (SSSR count). The van der Waals surface area contributed by atoms with Crippen LogP contribution in [0, 0.1) is 10.1 Å². The van der Waals surface area contributed by atoms with Crippen LogP contribution in [0.3, 0.4) is 0 Å². The van der Waals surface area contributed by atoms with E-state index in [-0.39, 0.29) is 17.4 Å². The number of rotatable bonds is 5. The zero-order valence-electron chi connectivity index (χ0n) is 17.5. The van der Waals surface area contributed by atoms with Crippen LogP contribution in [0.1, 0.15) is 37.3 Å². The molecule has 0 aliphatic carbocycles. The second kappa shape index (κ2) is 8.64. The molecule has 0 fully saturated rings. The van der Waals surface area contributed by atoms with Gasteiger partial charge >= 0.3 is 5.97 Å². The van der Waals surface area contributed by atoms with E-state index in [1.807, 2.05) is 17.5 Å². The highest BCUT2D eigenvalue weighted by atomic mass is 32.1. The number of hydrogen-bond donors (Lipinski definition) is 0. The lowest BCUT2D eigenvalue weighted by Gasteiger charge is -2.24. The highest BCUT2D eigenvalue weighted by Crippen LogP contribution is 2.33. The highest BCUT2D eigenvalue weighted by molar-refractivity contribution is 7.10. The summed E-state index contributed by atoms with van der Waals surface area (Å²) < 4.78 is 7.40. The Morgan fingerprint density at radius 3 is 2.59 bits per heavy atom. The number of nitrogens with zero attached hydrogens (tertiary/aromatic N) is 3. The number of non-ortho nitro benzene ring substituents is 1. The highest BCUT2D eigenvalue weighted by Gasteiger charge is 2.34. The van der Waals surface area contributed by atoms with Crippen LogP contribution in [-0.4, -0.2) is 21.6 Å². The molecule has 3 aromatic rings. The van der Waals surface area contributed by atoms with E-state index < -0.39 is 16.9 Å². The van der Waals surface area contributed by atoms with Crippen LogP contribution in [0.5, 0.6) is 0 Å². The first-order chi connectivity index (χ1) is 15.3. The summed E-state index contributed by atoms with van der Waals surface area (Å²) in [7, 11) is 0. The van der Waals surface area contributed by atoms with Crippen LogP contribution < -0.4 is 14.9 Å². The Hall–Kier alpha value is -3.37. The van der Waals surface area contributed by atoms with Crippen molar-refractivity contribution in [1.29, 1.82) is 0 Å². The zero-order chi connectivity index (χ0) is 23.0. The summed E-state index contributed by atoms with van der Waals surface area (Å²) in [5.74, 6) is -0.496. The number of carbonyl (C=O) groups excluding carboxylic acids is 1. The Morgan fingerprint density at radius 2 is 2.00 bits per heavy atom. The van der Waals surface area contributed by atoms with Crippen molar-refractivity contribution >= 4 is 40.4 Å². The van der Waals surface area contributed by atoms with Gasteiger partial charge in [-0.25, -0.2) is 9.79 Å². The number of nitro groups is 1. The van der Waals surface area contributed by atoms with Gasteiger partial charge < -0.3 is 4.74 Å². The number of thiophene rings is 1. The normalized spacial score (nSPS) is 16.1. The number of aromatic nitrogens is 1. The van der Waals surface area contributed by atoms with E-state index >= 15 is 0 Å². The number of carbonyl (C=O) groups is 1. The summed E-state index contributed by atoms with van der Waals surface area (Å²) in [6.07, 6.45) is 1.36. The van der Waals surface area contributed by atoms with E-state index in [2.05, 4.69) is 4.99 Å². The molecule has 1 aliphatic heterocycles. The average molecular weight is 470 g/mol. The SMILES string of the molecule is CC1=C(C(=O)OC(C)C)[C@@H](c2cccs2)n2c(s/c(=C\c3ccc([N+](=O)[O-])cc3)c2=O)=N1. The summed E-state index contributed by atoms with van der Waals surface area (Å²) in [6, 6.07) is 9.07. The van der Waals surface area contributed by atoms with Crippen molar-refractivity contribution in [2.24, 2.45) is 4.99 Å². The Balaban J connectivity index is 1.87. The van der Waals surface area contributed by atoms with E-state index in [0.717, 1.165) is 4.88 Å². The predicted molar refractivity (Wildman–Crippen MR) is 122 cm³/mol. The molecule has 0 unspecified atom stereocenters. The van der Waals surface area contributed by atoms with E-state index in [1.54, 1.807) is 39.0 Å². The van der Waals surface area contributed by atoms with Crippen LogP contribution in [0.2, 0.25) is 0 Å². The van der Waals surface area contributed by atoms with Gasteiger partial charge in [-0.3, -0.25) is 19.5 Å². The summed E-state index contributed by atoms with van der Waals surface area (Å²) in [4.78, 5) is 42.6. The smallest absolute Gasteiger partial charge is 0.338 e. The summed E-state index contributed by atoms with van der Waals surface area (Å²) in [6.45, 7) is 5.28. The number of esters is 1. The molecule has 3 heterocycles. The van der Waals surface area contributed by atoms with Gasteiger partial charge in [-0.1, -0.05) is 17.4 Å². The zero-order valence-corrected chi connectivity index (χ0v) is 19.1. The molecule has 0 bridgehead atoms. The number of allylic oxidation sites excluding steroid dienone is 1. The fourth-order valence-electron chi connectivity index (χ4n) is 3.42. The monoisotopic (exact) mass is 469 g/mol. The largest absolute Gasteiger partial charge is 0.459 e. The van der Waals surface area contributed by atoms with Gasteiger partial charge in [0.2, 0.25) is 0 Å². The molecule has 0 spiro atoms. The Morgan fingerprint density at radius 1 is 1.28 bits per heavy atom. The maximum absolute atomic E-state index is 13.4. The number of fused-ring (bicyclic) bond motifs is 1. The van der Waals surface area contributed by atoms with Crippen LogP contribution in [0.4, 0.5) is 5.69 Å². The molecule has 10 heteroatoms. The standard InChI is InChI=1S/C22H19N3O5S2/c1-12(2)30-21(27)18-13(3)23-22-24(19(18)16-5-4-10-31-16)20(26)17(32-22)11-14-6-8-15(9-7-14)25(28)29/h4-12,19H,1-3H3/b17-11-/t19-/m1/s1. The molecular weight excluding hydrogens is 450 g/mol. The first-order valence-corrected chi connectivity index (χ1v) is 11.5. The van der Waals surface area contributed by atoms with Crippen LogP contribution in [-0.2, 0) is 9.53 Å². The van der Waals surface area contributed by atoms with E-state index in [0.29, 0.717) is 26.2 Å². The topological polar surface area (TPSA) is 104 Å². The van der Waals surface area contributed by atoms with Crippen molar-refractivity contribution in [2.45, 2.75) is 32.9 Å². The minimum absolute atomic E-state index is 0.0229. The fourth-order valence-corrected chi connectivity index (χ4v) is 5.29. The Labute approximate surface area is 190 Å². The van der Waals surface area contributed by atoms with Crippen molar-refractivity contribution in [2.75, 3.05) is 0 Å². The summed E-state index contributed by atoms with van der Waals surface area (Å²) >= 11 is 2.66. The second-order valence-electron chi connectivity index (χ2n) is 7.40. The van der Waals surface area contributed by atoms with Gasteiger partial charge in [-0.2, -0.15) is 0 Å². The van der Waals surface area contributed by atoms with Gasteiger partial charge in [-0.15, -0.1) is 11.3 Å². The maximum Gasteiger partial charge on any atom is 0.338 e. The predicted octanol–water partition coefficient (Wildman–Crippen LogP) is 3.16. The number of hydrogen-bond acceptors (Lipinski definition) is 8. The van der Waals surface area contributed by atoms with E-state index in [1.165, 1.54) is 39.4 Å². The van der Waals surface area contributed by atoms with Gasteiger partial charge in [0, 0.05) is 17.0 Å². The first kappa shape index (κ1) is 21.8. The third-order valence-corrected chi connectivity index (χ3v) is 6.71. The van der Waals surface area contributed by atoms with Gasteiger partial charge in [0.1, 0.15) is 6.04 Å². The van der Waals surface area contributed by atoms with E-state index in [9.17, 15) is 19.7 Å². The lowest BCUT2D eigenvalue weighted by atomic mass is 10.0. The minimum atomic E-state index is -0.628. The first-order valence-electron chi connectivity index (χ1n) is 9.77. The Kier molecular flexibility index (Phi) is 5.90. The van der Waals surface area contributed by atoms with Crippen molar-refractivity contribution in [3.63, 3.8) is 0 Å². The molecule has 2 aromatic heterocycles. The molecule has 32 heavy (non-hydrogen) atoms. The molecule has 0 amide bonds. The Bertz CT molecular complexity index is 1400. The number of nitro benzene ring substituents is 1. The summed E-state index contributed by atoms with van der Waals surface area (Å²) in [5.41, 5.74) is 1.20. The molecule has 0 N–H and O–H groups in total. The molecule has 1 atom stereocenters. The number of benzene rings is 1. The lowest BCUT2D eigenvalue weighted by Crippen LogP contribution is -2.39. The van der Waals surface area contributed by atoms with Crippen molar-refractivity contribution < 1.29 is 14.5 Å². The molecule has 0 radical (unpaired) electrons. The van der Waals surface area contributed by atoms with Crippen LogP contribution in [0.15, 0.2) is 62.8 Å². The van der Waals surface area contributed by atoms with Crippen molar-refractivity contribution in [3.8, 4) is 0 Å². The summed E-state index contributed by atoms with van der Waals surface area (Å²) in [5, 5.41) is 12.8. The minimum Gasteiger partial charge on any atom is -0.459 e. The van der Waals surface area contributed by atoms with Gasteiger partial charge in [0.15, 0.2) is 4.80 Å². The average Bonchev–Trinajstić information content (AvgIpc) is 3.36. The molecule has 0 saturated heterocycles. The second-order valence-corrected chi connectivity index (χ2v) is 9.39. The molecule has 8 nitrogen and oxygen atoms in total. The van der Waals surface area contributed by atoms with Gasteiger partial charge in [0.05, 0.1) is 26.8 Å². The molecule has 1 aliphatic rings. The molecule has 0 saturated carbocycles. The number of ether oxygens (including phenoxy) is 1.